The summed E-state index contributed by atoms with van der Waals surface area (Å²) in [5, 5.41) is 13.4. The highest BCUT2D eigenvalue weighted by molar-refractivity contribution is 6.07. The van der Waals surface area contributed by atoms with Crippen LogP contribution in [0.5, 0.6) is 0 Å². The van der Waals surface area contributed by atoms with Crippen LogP contribution in [0.25, 0.3) is 22.2 Å². The van der Waals surface area contributed by atoms with Gasteiger partial charge in [-0.3, -0.25) is 9.78 Å². The smallest absolute Gasteiger partial charge is 0.252 e. The van der Waals surface area contributed by atoms with E-state index in [2.05, 4.69) is 15.3 Å². The van der Waals surface area contributed by atoms with Crippen LogP contribution >= 0.6 is 0 Å². The maximum Gasteiger partial charge on any atom is 0.252 e. The zero-order chi connectivity index (χ0) is 18.5. The number of pyridine rings is 2. The Labute approximate surface area is 153 Å². The molecule has 3 aromatic rings. The topological polar surface area (TPSA) is 75.1 Å². The quantitative estimate of drug-likeness (QED) is 0.715. The van der Waals surface area contributed by atoms with Gasteiger partial charge in [0.2, 0.25) is 0 Å². The van der Waals surface area contributed by atoms with Crippen LogP contribution in [0.1, 0.15) is 30.6 Å². The summed E-state index contributed by atoms with van der Waals surface area (Å²) in [7, 11) is 0. The highest BCUT2D eigenvalue weighted by Gasteiger charge is 2.20. The summed E-state index contributed by atoms with van der Waals surface area (Å²) in [5.41, 5.74) is 2.95. The number of rotatable bonds is 6. The van der Waals surface area contributed by atoms with E-state index in [0.29, 0.717) is 5.56 Å². The van der Waals surface area contributed by atoms with Crippen LogP contribution in [0.2, 0.25) is 0 Å². The Morgan fingerprint density at radius 3 is 2.62 bits per heavy atom. The van der Waals surface area contributed by atoms with Crippen LogP contribution in [0.3, 0.4) is 0 Å². The highest BCUT2D eigenvalue weighted by atomic mass is 16.3. The van der Waals surface area contributed by atoms with Gasteiger partial charge in [0, 0.05) is 23.3 Å². The van der Waals surface area contributed by atoms with E-state index in [1.165, 1.54) is 0 Å². The minimum atomic E-state index is -0.274. The number of benzene rings is 1. The van der Waals surface area contributed by atoms with E-state index in [4.69, 9.17) is 0 Å². The number of hydrogen-bond donors (Lipinski definition) is 2. The number of aliphatic hydroxyl groups is 1. The number of carbonyl (C=O) groups is 1. The summed E-state index contributed by atoms with van der Waals surface area (Å²) in [6.45, 7) is 3.98. The van der Waals surface area contributed by atoms with E-state index in [9.17, 15) is 9.90 Å². The van der Waals surface area contributed by atoms with E-state index in [0.717, 1.165) is 28.6 Å². The first-order valence-electron chi connectivity index (χ1n) is 8.86. The summed E-state index contributed by atoms with van der Waals surface area (Å²) < 4.78 is 0. The molecular weight excluding hydrogens is 326 g/mol. The molecule has 0 saturated carbocycles. The number of nitrogens with zero attached hydrogens (tertiary/aromatic N) is 2. The predicted octanol–water partition coefficient (Wildman–Crippen LogP) is 3.43. The van der Waals surface area contributed by atoms with Gasteiger partial charge in [-0.1, -0.05) is 38.5 Å². The van der Waals surface area contributed by atoms with Crippen LogP contribution < -0.4 is 5.32 Å². The van der Waals surface area contributed by atoms with Gasteiger partial charge in [-0.25, -0.2) is 4.98 Å². The molecule has 2 N–H and O–H groups in total. The molecule has 0 aliphatic rings. The fourth-order valence-electron chi connectivity index (χ4n) is 2.93. The molecule has 3 rings (SSSR count). The minimum absolute atomic E-state index is 0.0824. The van der Waals surface area contributed by atoms with Crippen LogP contribution in [-0.2, 0) is 0 Å². The Hall–Kier alpha value is -2.79. The average molecular weight is 349 g/mol. The number of aromatic nitrogens is 2. The van der Waals surface area contributed by atoms with Gasteiger partial charge in [-0.2, -0.15) is 0 Å². The van der Waals surface area contributed by atoms with E-state index in [-0.39, 0.29) is 24.5 Å². The molecule has 5 nitrogen and oxygen atoms in total. The zero-order valence-corrected chi connectivity index (χ0v) is 15.0. The van der Waals surface area contributed by atoms with Crippen molar-refractivity contribution in [3.63, 3.8) is 0 Å². The number of carbonyl (C=O) groups excluding carboxylic acids is 1. The average Bonchev–Trinajstić information content (AvgIpc) is 2.71. The van der Waals surface area contributed by atoms with Gasteiger partial charge in [0.25, 0.3) is 5.91 Å². The third-order valence-corrected chi connectivity index (χ3v) is 4.78. The van der Waals surface area contributed by atoms with Gasteiger partial charge in [0.15, 0.2) is 0 Å². The molecule has 1 amide bonds. The second-order valence-corrected chi connectivity index (χ2v) is 6.46. The van der Waals surface area contributed by atoms with Crippen molar-refractivity contribution in [2.45, 2.75) is 26.3 Å². The monoisotopic (exact) mass is 349 g/mol. The molecule has 134 valence electrons. The lowest BCUT2D eigenvalue weighted by Gasteiger charge is -2.22. The Morgan fingerprint density at radius 2 is 1.92 bits per heavy atom. The number of amides is 1. The largest absolute Gasteiger partial charge is 0.394 e. The van der Waals surface area contributed by atoms with Crippen molar-refractivity contribution < 1.29 is 9.90 Å². The molecule has 5 heteroatoms. The predicted molar refractivity (Wildman–Crippen MR) is 103 cm³/mol. The molecule has 0 bridgehead atoms. The Bertz CT molecular complexity index is 896. The van der Waals surface area contributed by atoms with Crippen molar-refractivity contribution in [1.29, 1.82) is 0 Å². The fraction of sp³-hybridized carbons (Fsp3) is 0.286. The molecule has 1 aromatic carbocycles. The lowest BCUT2D eigenvalue weighted by Crippen LogP contribution is -2.42. The van der Waals surface area contributed by atoms with Crippen molar-refractivity contribution in [3.05, 3.63) is 60.4 Å². The van der Waals surface area contributed by atoms with Gasteiger partial charge in [-0.15, -0.1) is 0 Å². The number of aliphatic hydroxyl groups excluding tert-OH is 1. The fourth-order valence-corrected chi connectivity index (χ4v) is 2.93. The van der Waals surface area contributed by atoms with Crippen LogP contribution in [0.15, 0.2) is 54.9 Å². The van der Waals surface area contributed by atoms with Gasteiger partial charge >= 0.3 is 0 Å². The first kappa shape index (κ1) is 18.0. The maximum absolute atomic E-state index is 13.0. The summed E-state index contributed by atoms with van der Waals surface area (Å²) in [5.74, 6) is -0.00465. The third kappa shape index (κ3) is 3.73. The minimum Gasteiger partial charge on any atom is -0.394 e. The molecule has 0 fully saturated rings. The first-order valence-corrected chi connectivity index (χ1v) is 8.86. The zero-order valence-electron chi connectivity index (χ0n) is 15.0. The highest BCUT2D eigenvalue weighted by Crippen LogP contribution is 2.24. The molecule has 0 aliphatic carbocycles. The molecule has 0 aliphatic heterocycles. The molecule has 0 spiro atoms. The second-order valence-electron chi connectivity index (χ2n) is 6.46. The Morgan fingerprint density at radius 1 is 1.19 bits per heavy atom. The standard InChI is InChI=1S/C21H23N3O2/c1-3-14(2)20(13-25)24-21(26)17-12-19(15-8-10-22-11-9-15)23-18-7-5-4-6-16(17)18/h4-12,14,20,25H,3,13H2,1-2H3,(H,24,26)/t14-,20+/m1/s1. The third-order valence-electron chi connectivity index (χ3n) is 4.78. The number of fused-ring (bicyclic) bond motifs is 1. The number of para-hydroxylation sites is 1. The summed E-state index contributed by atoms with van der Waals surface area (Å²) in [6, 6.07) is 12.9. The molecular formula is C21H23N3O2. The van der Waals surface area contributed by atoms with E-state index < -0.39 is 0 Å². The number of hydrogen-bond acceptors (Lipinski definition) is 4. The van der Waals surface area contributed by atoms with Gasteiger partial charge in [0.05, 0.1) is 29.4 Å². The molecule has 0 radical (unpaired) electrons. The van der Waals surface area contributed by atoms with Gasteiger partial charge in [-0.05, 0) is 30.2 Å². The SMILES string of the molecule is CC[C@@H](C)[C@H](CO)NC(=O)c1cc(-c2ccncc2)nc2ccccc12. The van der Waals surface area contributed by atoms with Crippen molar-refractivity contribution in [2.75, 3.05) is 6.61 Å². The maximum atomic E-state index is 13.0. The molecule has 26 heavy (non-hydrogen) atoms. The van der Waals surface area contributed by atoms with Crippen molar-refractivity contribution in [1.82, 2.24) is 15.3 Å². The van der Waals surface area contributed by atoms with E-state index in [1.807, 2.05) is 50.2 Å². The first-order chi connectivity index (χ1) is 12.6. The van der Waals surface area contributed by atoms with Crippen LogP contribution in [0.4, 0.5) is 0 Å². The van der Waals surface area contributed by atoms with Gasteiger partial charge in [0.1, 0.15) is 0 Å². The van der Waals surface area contributed by atoms with Crippen molar-refractivity contribution in [3.8, 4) is 11.3 Å². The summed E-state index contributed by atoms with van der Waals surface area (Å²) in [6.07, 6.45) is 4.29. The molecule has 0 saturated heterocycles. The molecule has 2 atom stereocenters. The van der Waals surface area contributed by atoms with Crippen LogP contribution in [-0.4, -0.2) is 33.6 Å². The van der Waals surface area contributed by atoms with E-state index in [1.54, 1.807) is 18.5 Å². The second kappa shape index (κ2) is 8.06. The molecule has 0 unspecified atom stereocenters. The van der Waals surface area contributed by atoms with E-state index >= 15 is 0 Å². The van der Waals surface area contributed by atoms with Crippen molar-refractivity contribution in [2.24, 2.45) is 5.92 Å². The molecule has 2 aromatic heterocycles. The van der Waals surface area contributed by atoms with Crippen molar-refractivity contribution >= 4 is 16.8 Å². The van der Waals surface area contributed by atoms with Crippen LogP contribution in [0, 0.1) is 5.92 Å². The normalized spacial score (nSPS) is 13.3. The number of nitrogens with one attached hydrogen (secondary N) is 1. The Kier molecular flexibility index (Phi) is 5.58. The lowest BCUT2D eigenvalue weighted by molar-refractivity contribution is 0.0893. The summed E-state index contributed by atoms with van der Waals surface area (Å²) >= 11 is 0. The lowest BCUT2D eigenvalue weighted by atomic mass is 9.98. The summed E-state index contributed by atoms with van der Waals surface area (Å²) in [4.78, 5) is 21.7. The molecule has 2 heterocycles. The van der Waals surface area contributed by atoms with Gasteiger partial charge < -0.3 is 10.4 Å². The Balaban J connectivity index is 2.05.